The summed E-state index contributed by atoms with van der Waals surface area (Å²) in [6.07, 6.45) is 9.13. The van der Waals surface area contributed by atoms with Crippen LogP contribution >= 0.6 is 0 Å². The number of benzene rings is 1. The quantitative estimate of drug-likeness (QED) is 0.440. The van der Waals surface area contributed by atoms with Crippen molar-refractivity contribution in [3.63, 3.8) is 0 Å². The number of fused-ring (bicyclic) bond motifs is 2. The maximum Gasteiger partial charge on any atom is 0.334 e. The lowest BCUT2D eigenvalue weighted by Gasteiger charge is -2.48. The molecule has 0 bridgehead atoms. The first-order valence-corrected chi connectivity index (χ1v) is 9.95. The molecule has 2 fully saturated rings. The molecule has 1 aromatic rings. The Morgan fingerprint density at radius 1 is 1.36 bits per heavy atom. The monoisotopic (exact) mass is 378 g/mol. The zero-order valence-corrected chi connectivity index (χ0v) is 16.2. The number of esters is 2. The second-order valence-corrected chi connectivity index (χ2v) is 8.39. The molecule has 0 N–H and O–H groups in total. The number of rotatable bonds is 4. The van der Waals surface area contributed by atoms with Gasteiger partial charge in [-0.1, -0.05) is 49.9 Å². The summed E-state index contributed by atoms with van der Waals surface area (Å²) in [4.78, 5) is 24.1. The maximum atomic E-state index is 12.2. The Balaban J connectivity index is 1.41. The van der Waals surface area contributed by atoms with Gasteiger partial charge in [0.25, 0.3) is 0 Å². The zero-order chi connectivity index (χ0) is 19.7. The summed E-state index contributed by atoms with van der Waals surface area (Å²) in [6, 6.07) is 9.68. The highest BCUT2D eigenvalue weighted by Crippen LogP contribution is 2.55. The van der Waals surface area contributed by atoms with E-state index >= 15 is 0 Å². The van der Waals surface area contributed by atoms with Gasteiger partial charge in [0.15, 0.2) is 0 Å². The fourth-order valence-electron chi connectivity index (χ4n) is 4.98. The minimum atomic E-state index is -0.338. The van der Waals surface area contributed by atoms with Crippen LogP contribution in [0.2, 0.25) is 0 Å². The average molecular weight is 378 g/mol. The minimum Gasteiger partial charge on any atom is -0.458 e. The molecule has 0 unspecified atom stereocenters. The van der Waals surface area contributed by atoms with Crippen LogP contribution in [0.15, 0.2) is 60.2 Å². The Bertz CT molecular complexity index is 851. The SMILES string of the molecule is C=C1C(=O)O[C@@H]2C[C@]3(C)CCC=C(COC(=O)C=Cc4ccccc4)[C@H]3C[C@@H]12. The lowest BCUT2D eigenvalue weighted by molar-refractivity contribution is -0.143. The molecule has 1 heterocycles. The topological polar surface area (TPSA) is 52.6 Å². The van der Waals surface area contributed by atoms with Gasteiger partial charge in [0.1, 0.15) is 12.7 Å². The van der Waals surface area contributed by atoms with Crippen LogP contribution in [0.5, 0.6) is 0 Å². The van der Waals surface area contributed by atoms with E-state index < -0.39 is 0 Å². The molecule has 4 atom stereocenters. The molecule has 2 aliphatic carbocycles. The van der Waals surface area contributed by atoms with E-state index in [0.717, 1.165) is 31.2 Å². The molecule has 28 heavy (non-hydrogen) atoms. The molecule has 1 aromatic carbocycles. The van der Waals surface area contributed by atoms with Gasteiger partial charge in [-0.2, -0.15) is 0 Å². The highest BCUT2D eigenvalue weighted by molar-refractivity contribution is 5.91. The second kappa shape index (κ2) is 7.42. The summed E-state index contributed by atoms with van der Waals surface area (Å²) < 4.78 is 11.1. The highest BCUT2D eigenvalue weighted by atomic mass is 16.6. The highest BCUT2D eigenvalue weighted by Gasteiger charge is 2.52. The molecule has 4 rings (SSSR count). The van der Waals surface area contributed by atoms with Crippen LogP contribution < -0.4 is 0 Å². The number of hydrogen-bond acceptors (Lipinski definition) is 4. The van der Waals surface area contributed by atoms with E-state index in [4.69, 9.17) is 9.47 Å². The van der Waals surface area contributed by atoms with Crippen LogP contribution in [0.4, 0.5) is 0 Å². The van der Waals surface area contributed by atoms with E-state index in [1.165, 1.54) is 11.6 Å². The van der Waals surface area contributed by atoms with Crippen molar-refractivity contribution < 1.29 is 19.1 Å². The maximum absolute atomic E-state index is 12.2. The predicted octanol–water partition coefficient (Wildman–Crippen LogP) is 4.48. The fourth-order valence-corrected chi connectivity index (χ4v) is 4.98. The van der Waals surface area contributed by atoms with Gasteiger partial charge in [-0.05, 0) is 54.2 Å². The number of carbonyl (C=O) groups excluding carboxylic acids is 2. The summed E-state index contributed by atoms with van der Waals surface area (Å²) in [5, 5.41) is 0. The Labute approximate surface area is 165 Å². The molecular weight excluding hydrogens is 352 g/mol. The van der Waals surface area contributed by atoms with E-state index in [0.29, 0.717) is 18.1 Å². The minimum absolute atomic E-state index is 0.0445. The number of allylic oxidation sites excluding steroid dienone is 1. The molecule has 4 nitrogen and oxygen atoms in total. The van der Waals surface area contributed by atoms with Crippen LogP contribution in [-0.2, 0) is 19.1 Å². The van der Waals surface area contributed by atoms with Gasteiger partial charge < -0.3 is 9.47 Å². The van der Waals surface area contributed by atoms with E-state index in [1.807, 2.05) is 30.3 Å². The molecular formula is C24H26O4. The van der Waals surface area contributed by atoms with Crippen LogP contribution in [0.1, 0.15) is 38.2 Å². The second-order valence-electron chi connectivity index (χ2n) is 8.39. The van der Waals surface area contributed by atoms with Crippen molar-refractivity contribution in [1.82, 2.24) is 0 Å². The summed E-state index contributed by atoms with van der Waals surface area (Å²) >= 11 is 0. The number of carbonyl (C=O) groups is 2. The average Bonchev–Trinajstić information content (AvgIpc) is 2.96. The third-order valence-corrected chi connectivity index (χ3v) is 6.58. The van der Waals surface area contributed by atoms with Crippen molar-refractivity contribution >= 4 is 18.0 Å². The smallest absolute Gasteiger partial charge is 0.334 e. The molecule has 0 spiro atoms. The molecule has 3 aliphatic rings. The first-order chi connectivity index (χ1) is 13.5. The van der Waals surface area contributed by atoms with Crippen LogP contribution in [0.25, 0.3) is 6.08 Å². The normalized spacial score (nSPS) is 31.8. The molecule has 0 radical (unpaired) electrons. The Morgan fingerprint density at radius 2 is 2.14 bits per heavy atom. The summed E-state index contributed by atoms with van der Waals surface area (Å²) in [5.41, 5.74) is 2.80. The molecule has 4 heteroatoms. The van der Waals surface area contributed by atoms with Crippen LogP contribution in [0.3, 0.4) is 0 Å². The number of ether oxygens (including phenoxy) is 2. The van der Waals surface area contributed by atoms with Gasteiger partial charge in [-0.3, -0.25) is 0 Å². The molecule has 1 aliphatic heterocycles. The predicted molar refractivity (Wildman–Crippen MR) is 107 cm³/mol. The van der Waals surface area contributed by atoms with Crippen molar-refractivity contribution in [1.29, 1.82) is 0 Å². The summed E-state index contributed by atoms with van der Waals surface area (Å²) in [6.45, 7) is 6.52. The van der Waals surface area contributed by atoms with E-state index in [9.17, 15) is 9.59 Å². The van der Waals surface area contributed by atoms with Crippen LogP contribution in [0, 0.1) is 17.3 Å². The van der Waals surface area contributed by atoms with Crippen molar-refractivity contribution in [3.8, 4) is 0 Å². The van der Waals surface area contributed by atoms with Crippen molar-refractivity contribution in [3.05, 3.63) is 65.8 Å². The molecule has 0 amide bonds. The Hall–Kier alpha value is -2.62. The lowest BCUT2D eigenvalue weighted by Crippen LogP contribution is -2.43. The van der Waals surface area contributed by atoms with Crippen molar-refractivity contribution in [2.45, 2.75) is 38.7 Å². The van der Waals surface area contributed by atoms with Gasteiger partial charge in [-0.15, -0.1) is 0 Å². The van der Waals surface area contributed by atoms with Crippen molar-refractivity contribution in [2.24, 2.45) is 17.3 Å². The zero-order valence-electron chi connectivity index (χ0n) is 16.2. The van der Waals surface area contributed by atoms with Gasteiger partial charge in [0, 0.05) is 17.6 Å². The van der Waals surface area contributed by atoms with Crippen molar-refractivity contribution in [2.75, 3.05) is 6.61 Å². The standard InChI is InChI=1S/C24H26O4/c1-16-19-13-20-18(9-6-12-24(20,2)14-21(19)28-23(16)26)15-27-22(25)11-10-17-7-4-3-5-8-17/h3-5,7-11,19-21H,1,6,12-15H2,2H3/t19-,20+,21+,24-/m0/s1. The van der Waals surface area contributed by atoms with E-state index in [2.05, 4.69) is 19.6 Å². The Morgan fingerprint density at radius 3 is 2.93 bits per heavy atom. The van der Waals surface area contributed by atoms with Gasteiger partial charge >= 0.3 is 11.9 Å². The molecule has 1 saturated carbocycles. The Kier molecular flexibility index (Phi) is 4.96. The van der Waals surface area contributed by atoms with Gasteiger partial charge in [-0.25, -0.2) is 9.59 Å². The third-order valence-electron chi connectivity index (χ3n) is 6.58. The molecule has 1 saturated heterocycles. The third kappa shape index (κ3) is 3.56. The molecule has 146 valence electrons. The summed E-state index contributed by atoms with van der Waals surface area (Å²) in [7, 11) is 0. The van der Waals surface area contributed by atoms with E-state index in [1.54, 1.807) is 6.08 Å². The first kappa shape index (κ1) is 18.7. The van der Waals surface area contributed by atoms with E-state index in [-0.39, 0.29) is 29.4 Å². The van der Waals surface area contributed by atoms with Gasteiger partial charge in [0.05, 0.1) is 0 Å². The van der Waals surface area contributed by atoms with Crippen LogP contribution in [-0.4, -0.2) is 24.6 Å². The number of hydrogen-bond donors (Lipinski definition) is 0. The van der Waals surface area contributed by atoms with Gasteiger partial charge in [0.2, 0.25) is 0 Å². The molecule has 0 aromatic heterocycles. The fraction of sp³-hybridized carbons (Fsp3) is 0.417. The summed E-state index contributed by atoms with van der Waals surface area (Å²) in [5.74, 6) is -0.213. The largest absolute Gasteiger partial charge is 0.458 e. The lowest BCUT2D eigenvalue weighted by atomic mass is 9.57. The first-order valence-electron chi connectivity index (χ1n) is 9.95.